The van der Waals surface area contributed by atoms with Gasteiger partial charge in [-0.15, -0.1) is 0 Å². The summed E-state index contributed by atoms with van der Waals surface area (Å²) in [6.45, 7) is 4.45. The van der Waals surface area contributed by atoms with Gasteiger partial charge in [-0.25, -0.2) is 9.18 Å². The first-order valence-electron chi connectivity index (χ1n) is 8.96. The summed E-state index contributed by atoms with van der Waals surface area (Å²) in [4.78, 5) is 14.1. The first-order valence-corrected chi connectivity index (χ1v) is 8.96. The van der Waals surface area contributed by atoms with E-state index in [4.69, 9.17) is 14.2 Å². The predicted molar refractivity (Wildman–Crippen MR) is 98.8 cm³/mol. The van der Waals surface area contributed by atoms with Crippen molar-refractivity contribution in [3.8, 4) is 17.2 Å². The lowest BCUT2D eigenvalue weighted by Gasteiger charge is -2.23. The van der Waals surface area contributed by atoms with Crippen LogP contribution in [-0.4, -0.2) is 43.8 Å². The van der Waals surface area contributed by atoms with Crippen molar-refractivity contribution < 1.29 is 23.4 Å². The minimum Gasteiger partial charge on any atom is -0.489 e. The topological polar surface area (TPSA) is 60.0 Å². The molecule has 1 N–H and O–H groups in total. The molecule has 27 heavy (non-hydrogen) atoms. The quantitative estimate of drug-likeness (QED) is 0.756. The summed E-state index contributed by atoms with van der Waals surface area (Å²) in [7, 11) is 0. The molecule has 0 fully saturated rings. The molecule has 6 nitrogen and oxygen atoms in total. The molecule has 0 saturated carbocycles. The molecule has 0 atom stereocenters. The monoisotopic (exact) mass is 374 g/mol. The van der Waals surface area contributed by atoms with Crippen molar-refractivity contribution in [2.75, 3.05) is 32.9 Å². The van der Waals surface area contributed by atoms with Crippen LogP contribution in [-0.2, 0) is 6.54 Å². The maximum absolute atomic E-state index is 13.5. The molecular weight excluding hydrogens is 351 g/mol. The second kappa shape index (κ2) is 9.12. The van der Waals surface area contributed by atoms with Gasteiger partial charge >= 0.3 is 6.03 Å². The minimum atomic E-state index is -0.419. The van der Waals surface area contributed by atoms with Crippen LogP contribution in [0, 0.1) is 5.82 Å². The molecule has 0 aliphatic carbocycles. The molecule has 0 saturated heterocycles. The molecule has 0 bridgehead atoms. The fourth-order valence-corrected chi connectivity index (χ4v) is 2.73. The molecule has 3 rings (SSSR count). The Kier molecular flexibility index (Phi) is 6.35. The number of rotatable bonds is 7. The predicted octanol–water partition coefficient (Wildman–Crippen LogP) is 3.21. The van der Waals surface area contributed by atoms with Gasteiger partial charge in [0.1, 0.15) is 19.8 Å². The van der Waals surface area contributed by atoms with Gasteiger partial charge in [0.2, 0.25) is 0 Å². The lowest BCUT2D eigenvalue weighted by Crippen LogP contribution is -2.41. The zero-order chi connectivity index (χ0) is 19.1. The van der Waals surface area contributed by atoms with Crippen molar-refractivity contribution in [3.63, 3.8) is 0 Å². The van der Waals surface area contributed by atoms with Crippen molar-refractivity contribution in [3.05, 3.63) is 53.8 Å². The number of amides is 2. The molecule has 0 spiro atoms. The summed E-state index contributed by atoms with van der Waals surface area (Å²) in [5.74, 6) is 1.18. The van der Waals surface area contributed by atoms with Crippen LogP contribution in [0.3, 0.4) is 0 Å². The van der Waals surface area contributed by atoms with Gasteiger partial charge < -0.3 is 24.4 Å². The summed E-state index contributed by atoms with van der Waals surface area (Å²) < 4.78 is 29.9. The number of urea groups is 1. The first-order chi connectivity index (χ1) is 13.2. The number of nitrogens with zero attached hydrogens (tertiary/aromatic N) is 1. The van der Waals surface area contributed by atoms with E-state index in [2.05, 4.69) is 5.32 Å². The van der Waals surface area contributed by atoms with Crippen LogP contribution in [0.25, 0.3) is 0 Å². The lowest BCUT2D eigenvalue weighted by molar-refractivity contribution is 0.171. The highest BCUT2D eigenvalue weighted by atomic mass is 19.1. The van der Waals surface area contributed by atoms with E-state index in [1.165, 1.54) is 6.07 Å². The Balaban J connectivity index is 1.48. The number of carbonyl (C=O) groups is 1. The van der Waals surface area contributed by atoms with Gasteiger partial charge in [0, 0.05) is 13.1 Å². The normalized spacial score (nSPS) is 12.4. The zero-order valence-electron chi connectivity index (χ0n) is 15.2. The van der Waals surface area contributed by atoms with Gasteiger partial charge in [0.25, 0.3) is 0 Å². The number of para-hydroxylation sites is 1. The third kappa shape index (κ3) is 5.03. The van der Waals surface area contributed by atoms with E-state index in [0.717, 1.165) is 11.3 Å². The molecule has 2 aromatic carbocycles. The summed E-state index contributed by atoms with van der Waals surface area (Å²) in [6, 6.07) is 11.7. The second-order valence-electron chi connectivity index (χ2n) is 6.00. The van der Waals surface area contributed by atoms with Crippen LogP contribution in [0.15, 0.2) is 42.5 Å². The number of carbonyl (C=O) groups excluding carboxylic acids is 1. The van der Waals surface area contributed by atoms with E-state index in [1.807, 2.05) is 25.1 Å². The molecule has 0 aromatic heterocycles. The average Bonchev–Trinajstić information content (AvgIpc) is 2.70. The smallest absolute Gasteiger partial charge is 0.317 e. The Morgan fingerprint density at radius 2 is 1.96 bits per heavy atom. The van der Waals surface area contributed by atoms with E-state index in [9.17, 15) is 9.18 Å². The first kappa shape index (κ1) is 18.8. The van der Waals surface area contributed by atoms with E-state index >= 15 is 0 Å². The largest absolute Gasteiger partial charge is 0.489 e. The van der Waals surface area contributed by atoms with Crippen molar-refractivity contribution >= 4 is 6.03 Å². The number of halogens is 1. The van der Waals surface area contributed by atoms with Crippen LogP contribution in [0.2, 0.25) is 0 Å². The minimum absolute atomic E-state index is 0.176. The molecule has 1 aliphatic rings. The van der Waals surface area contributed by atoms with Crippen LogP contribution in [0.1, 0.15) is 12.5 Å². The van der Waals surface area contributed by atoms with Crippen molar-refractivity contribution in [2.24, 2.45) is 0 Å². The number of hydrogen-bond acceptors (Lipinski definition) is 4. The molecule has 7 heteroatoms. The van der Waals surface area contributed by atoms with E-state index in [0.29, 0.717) is 32.1 Å². The second-order valence-corrected chi connectivity index (χ2v) is 6.00. The molecule has 2 aromatic rings. The van der Waals surface area contributed by atoms with Gasteiger partial charge in [-0.2, -0.15) is 0 Å². The summed E-state index contributed by atoms with van der Waals surface area (Å²) in [5.41, 5.74) is 0.957. The average molecular weight is 374 g/mol. The molecule has 0 unspecified atom stereocenters. The van der Waals surface area contributed by atoms with E-state index in [-0.39, 0.29) is 24.9 Å². The number of ether oxygens (including phenoxy) is 3. The third-order valence-corrected chi connectivity index (χ3v) is 4.12. The zero-order valence-corrected chi connectivity index (χ0v) is 15.2. The molecule has 144 valence electrons. The molecular formula is C20H23FN2O4. The Labute approximate surface area is 157 Å². The van der Waals surface area contributed by atoms with Crippen LogP contribution >= 0.6 is 0 Å². The van der Waals surface area contributed by atoms with Crippen molar-refractivity contribution in [1.82, 2.24) is 10.2 Å². The maximum atomic E-state index is 13.5. The van der Waals surface area contributed by atoms with E-state index in [1.54, 1.807) is 23.1 Å². The lowest BCUT2D eigenvalue weighted by atomic mass is 10.2. The van der Waals surface area contributed by atoms with Crippen LogP contribution in [0.4, 0.5) is 9.18 Å². The van der Waals surface area contributed by atoms with E-state index < -0.39 is 5.82 Å². The number of fused-ring (bicyclic) bond motifs is 1. The highest BCUT2D eigenvalue weighted by Gasteiger charge is 2.15. The van der Waals surface area contributed by atoms with Gasteiger partial charge in [-0.05, 0) is 36.8 Å². The molecule has 0 radical (unpaired) electrons. The number of hydrogen-bond donors (Lipinski definition) is 1. The summed E-state index contributed by atoms with van der Waals surface area (Å²) in [6.07, 6.45) is 0. The fourth-order valence-electron chi connectivity index (χ4n) is 2.73. The Morgan fingerprint density at radius 3 is 2.74 bits per heavy atom. The standard InChI is InChI=1S/C20H23FN2O4/c1-2-23(14-15-7-8-18-19(13-15)27-12-11-26-18)20(24)22-9-10-25-17-6-4-3-5-16(17)21/h3-8,13H,2,9-12,14H2,1H3,(H,22,24). The van der Waals surface area contributed by atoms with Crippen molar-refractivity contribution in [2.45, 2.75) is 13.5 Å². The van der Waals surface area contributed by atoms with Gasteiger partial charge in [-0.1, -0.05) is 18.2 Å². The molecule has 1 aliphatic heterocycles. The van der Waals surface area contributed by atoms with Gasteiger partial charge in [0.15, 0.2) is 23.1 Å². The van der Waals surface area contributed by atoms with Gasteiger partial charge in [-0.3, -0.25) is 0 Å². The number of benzene rings is 2. The SMILES string of the molecule is CCN(Cc1ccc2c(c1)OCCO2)C(=O)NCCOc1ccccc1F. The highest BCUT2D eigenvalue weighted by molar-refractivity contribution is 5.74. The highest BCUT2D eigenvalue weighted by Crippen LogP contribution is 2.31. The molecule has 1 heterocycles. The molecule has 2 amide bonds. The maximum Gasteiger partial charge on any atom is 0.317 e. The fraction of sp³-hybridized carbons (Fsp3) is 0.350. The third-order valence-electron chi connectivity index (χ3n) is 4.12. The van der Waals surface area contributed by atoms with Gasteiger partial charge in [0.05, 0.1) is 6.54 Å². The van der Waals surface area contributed by atoms with Crippen LogP contribution in [0.5, 0.6) is 17.2 Å². The van der Waals surface area contributed by atoms with Crippen molar-refractivity contribution in [1.29, 1.82) is 0 Å². The summed E-state index contributed by atoms with van der Waals surface area (Å²) >= 11 is 0. The summed E-state index contributed by atoms with van der Waals surface area (Å²) in [5, 5.41) is 2.79. The van der Waals surface area contributed by atoms with Crippen LogP contribution < -0.4 is 19.5 Å². The number of nitrogens with one attached hydrogen (secondary N) is 1. The Hall–Kier alpha value is -2.96. The Morgan fingerprint density at radius 1 is 1.19 bits per heavy atom. The Bertz CT molecular complexity index is 784.